The Bertz CT molecular complexity index is 716. The summed E-state index contributed by atoms with van der Waals surface area (Å²) in [6.07, 6.45) is 0. The fourth-order valence-electron chi connectivity index (χ4n) is 2.03. The van der Waals surface area contributed by atoms with Gasteiger partial charge < -0.3 is 11.1 Å². The van der Waals surface area contributed by atoms with Crippen molar-refractivity contribution in [1.82, 2.24) is 4.57 Å². The summed E-state index contributed by atoms with van der Waals surface area (Å²) < 4.78 is 1.98. The molecule has 4 nitrogen and oxygen atoms in total. The molecular weight excluding hydrogens is 333 g/mol. The maximum absolute atomic E-state index is 12.1. The van der Waals surface area contributed by atoms with Crippen molar-refractivity contribution in [2.75, 3.05) is 0 Å². The van der Waals surface area contributed by atoms with Gasteiger partial charge in [0, 0.05) is 12.7 Å². The number of carbonyl (C=O) groups is 1. The van der Waals surface area contributed by atoms with Crippen LogP contribution in [0, 0.1) is 6.92 Å². The maximum atomic E-state index is 12.1. The number of hydrogen-bond donors (Lipinski definition) is 1. The zero-order chi connectivity index (χ0) is 14.2. The molecule has 0 aliphatic rings. The van der Waals surface area contributed by atoms with E-state index in [1.165, 1.54) is 0 Å². The molecule has 1 aromatic carbocycles. The van der Waals surface area contributed by atoms with Gasteiger partial charge in [0.15, 0.2) is 0 Å². The molecule has 100 valence electrons. The van der Waals surface area contributed by atoms with Crippen molar-refractivity contribution in [2.45, 2.75) is 6.92 Å². The third kappa shape index (κ3) is 2.91. The van der Waals surface area contributed by atoms with Crippen LogP contribution in [0.4, 0.5) is 0 Å². The normalized spacial score (nSPS) is 9.95. The van der Waals surface area contributed by atoms with Crippen LogP contribution in [0.25, 0.3) is 11.3 Å². The van der Waals surface area contributed by atoms with Gasteiger partial charge in [-0.3, -0.25) is 4.79 Å². The number of benzene rings is 1. The van der Waals surface area contributed by atoms with Crippen LogP contribution < -0.4 is 35.0 Å². The van der Waals surface area contributed by atoms with Crippen LogP contribution in [0.3, 0.4) is 0 Å². The quantitative estimate of drug-likeness (QED) is 0.775. The average molecular weight is 346 g/mol. The Balaban J connectivity index is 0.00000200. The number of aromatic carboxylic acids is 1. The monoisotopic (exact) mass is 345 g/mol. The maximum Gasteiger partial charge on any atom is 1.00 e. The second kappa shape index (κ2) is 6.72. The summed E-state index contributed by atoms with van der Waals surface area (Å²) in [5.74, 6) is -1.21. The molecule has 0 saturated heterocycles. The molecule has 0 amide bonds. The van der Waals surface area contributed by atoms with Gasteiger partial charge in [0.1, 0.15) is 5.56 Å². The van der Waals surface area contributed by atoms with Gasteiger partial charge in [-0.25, -0.2) is 4.79 Å². The molecule has 0 spiro atoms. The zero-order valence-electron chi connectivity index (χ0n) is 12.5. The number of carboxylic acids is 1. The first kappa shape index (κ1) is 17.2. The van der Waals surface area contributed by atoms with E-state index in [2.05, 4.69) is 15.9 Å². The number of hydrogen-bond acceptors (Lipinski definition) is 2. The third-order valence-electron chi connectivity index (χ3n) is 3.10. The van der Waals surface area contributed by atoms with Gasteiger partial charge in [-0.1, -0.05) is 30.3 Å². The minimum Gasteiger partial charge on any atom is -1.00 e. The molecule has 0 fully saturated rings. The summed E-state index contributed by atoms with van der Waals surface area (Å²) in [5.41, 5.74) is 1.26. The number of aromatic nitrogens is 1. The van der Waals surface area contributed by atoms with Crippen LogP contribution in [0.2, 0.25) is 0 Å². The fraction of sp³-hybridized carbons (Fsp3) is 0.143. The number of nitrogens with zero attached hydrogens (tertiary/aromatic N) is 1. The summed E-state index contributed by atoms with van der Waals surface area (Å²) in [7, 11) is 1.74. The fourth-order valence-corrected chi connectivity index (χ4v) is 2.73. The van der Waals surface area contributed by atoms with E-state index in [1.807, 2.05) is 30.3 Å². The molecule has 1 heterocycles. The molecule has 0 saturated carbocycles. The summed E-state index contributed by atoms with van der Waals surface area (Å²) in [6.45, 7) is 1.63. The molecule has 2 rings (SSSR count). The Morgan fingerprint density at radius 2 is 1.85 bits per heavy atom. The van der Waals surface area contributed by atoms with Crippen LogP contribution in [0.1, 0.15) is 17.5 Å². The van der Waals surface area contributed by atoms with Crippen LogP contribution in [0.15, 0.2) is 39.6 Å². The number of rotatable bonds is 2. The molecule has 0 atom stereocenters. The van der Waals surface area contributed by atoms with Crippen LogP contribution in [0.5, 0.6) is 0 Å². The Hall–Kier alpha value is -0.880. The molecule has 0 aliphatic carbocycles. The van der Waals surface area contributed by atoms with Crippen molar-refractivity contribution < 1.29 is 40.9 Å². The van der Waals surface area contributed by atoms with E-state index in [4.69, 9.17) is 5.11 Å². The number of pyridine rings is 1. The van der Waals surface area contributed by atoms with E-state index in [0.717, 1.165) is 5.56 Å². The van der Waals surface area contributed by atoms with Gasteiger partial charge in [-0.05, 0) is 28.4 Å². The second-order valence-corrected chi connectivity index (χ2v) is 4.98. The number of carboxylic acid groups (broad SMARTS) is 1. The molecule has 0 aliphatic heterocycles. The molecule has 6 heteroatoms. The Kier molecular flexibility index (Phi) is 5.77. The zero-order valence-corrected chi connectivity index (χ0v) is 15.1. The first-order chi connectivity index (χ1) is 8.95. The molecule has 1 aromatic heterocycles. The minimum atomic E-state index is -1.21. The Labute approximate surface area is 148 Å². The summed E-state index contributed by atoms with van der Waals surface area (Å²) in [6, 6.07) is 9.37. The topological polar surface area (TPSA) is 59.3 Å². The van der Waals surface area contributed by atoms with Crippen molar-refractivity contribution in [2.24, 2.45) is 7.05 Å². The van der Waals surface area contributed by atoms with E-state index in [9.17, 15) is 9.59 Å². The first-order valence-corrected chi connectivity index (χ1v) is 6.42. The average Bonchev–Trinajstić information content (AvgIpc) is 2.38. The molecule has 0 radical (unpaired) electrons. The van der Waals surface area contributed by atoms with E-state index in [1.54, 1.807) is 18.5 Å². The van der Waals surface area contributed by atoms with Gasteiger partial charge in [0.2, 0.25) is 5.43 Å². The van der Waals surface area contributed by atoms with E-state index < -0.39 is 11.4 Å². The standard InChI is InChI=1S/C14H12BrNO3.Na.H/c1-8-10(14(18)19)13(17)11(15)12(16(8)2)9-6-4-3-5-7-9;;/h3-7H,1-2H3,(H,18,19);;/q;+1;-1. The van der Waals surface area contributed by atoms with Crippen molar-refractivity contribution in [1.29, 1.82) is 0 Å². The molecular formula is C14H13BrNNaO3. The first-order valence-electron chi connectivity index (χ1n) is 5.63. The largest absolute Gasteiger partial charge is 1.00 e. The molecule has 20 heavy (non-hydrogen) atoms. The molecule has 1 N–H and O–H groups in total. The molecule has 2 aromatic rings. The van der Waals surface area contributed by atoms with E-state index >= 15 is 0 Å². The third-order valence-corrected chi connectivity index (χ3v) is 3.83. The van der Waals surface area contributed by atoms with Crippen molar-refractivity contribution >= 4 is 21.9 Å². The predicted octanol–water partition coefficient (Wildman–Crippen LogP) is -0.0621. The smallest absolute Gasteiger partial charge is 1.00 e. The van der Waals surface area contributed by atoms with E-state index in [0.29, 0.717) is 11.4 Å². The van der Waals surface area contributed by atoms with Gasteiger partial charge in [-0.2, -0.15) is 0 Å². The summed E-state index contributed by atoms with van der Waals surface area (Å²) >= 11 is 3.22. The van der Waals surface area contributed by atoms with Gasteiger partial charge >= 0.3 is 35.5 Å². The van der Waals surface area contributed by atoms with Gasteiger partial charge in [-0.15, -0.1) is 0 Å². The van der Waals surface area contributed by atoms with Crippen LogP contribution in [-0.2, 0) is 7.05 Å². The Morgan fingerprint density at radius 3 is 2.35 bits per heavy atom. The van der Waals surface area contributed by atoms with Crippen LogP contribution in [-0.4, -0.2) is 15.6 Å². The van der Waals surface area contributed by atoms with Gasteiger partial charge in [0.05, 0.1) is 10.2 Å². The number of halogens is 1. The van der Waals surface area contributed by atoms with E-state index in [-0.39, 0.29) is 41.0 Å². The Morgan fingerprint density at radius 1 is 1.30 bits per heavy atom. The molecule has 0 unspecified atom stereocenters. The van der Waals surface area contributed by atoms with Crippen LogP contribution >= 0.6 is 15.9 Å². The summed E-state index contributed by atoms with van der Waals surface area (Å²) in [4.78, 5) is 23.3. The SMILES string of the molecule is Cc1c(C(=O)O)c(=O)c(Br)c(-c2ccccc2)n1C.[H-].[Na+]. The second-order valence-electron chi connectivity index (χ2n) is 4.18. The minimum absolute atomic E-state index is 0. The van der Waals surface area contributed by atoms with Crippen molar-refractivity contribution in [3.8, 4) is 11.3 Å². The van der Waals surface area contributed by atoms with Crippen molar-refractivity contribution in [3.05, 3.63) is 56.3 Å². The predicted molar refractivity (Wildman–Crippen MR) is 77.6 cm³/mol. The van der Waals surface area contributed by atoms with Gasteiger partial charge in [0.25, 0.3) is 0 Å². The summed E-state index contributed by atoms with van der Waals surface area (Å²) in [5, 5.41) is 9.12. The van der Waals surface area contributed by atoms with Crippen molar-refractivity contribution in [3.63, 3.8) is 0 Å². The molecule has 0 bridgehead atoms.